The van der Waals surface area contributed by atoms with Crippen LogP contribution in [0.5, 0.6) is 0 Å². The number of carbonyl (C=O) groups excluding carboxylic acids is 1. The first-order valence-electron chi connectivity index (χ1n) is 6.14. The lowest BCUT2D eigenvalue weighted by Crippen LogP contribution is -2.38. The summed E-state index contributed by atoms with van der Waals surface area (Å²) in [6.07, 6.45) is 3.57. The SMILES string of the molecule is CCOC(=O)C1=NNC2C[C@]3(C)C[C@@H]3CC12. The maximum atomic E-state index is 11.7. The molecule has 0 radical (unpaired) electrons. The summed E-state index contributed by atoms with van der Waals surface area (Å²) in [6, 6.07) is 0.364. The van der Waals surface area contributed by atoms with Gasteiger partial charge in [-0.15, -0.1) is 0 Å². The van der Waals surface area contributed by atoms with Gasteiger partial charge in [-0.25, -0.2) is 4.79 Å². The maximum absolute atomic E-state index is 11.7. The predicted octanol–water partition coefficient (Wildman–Crippen LogP) is 1.31. The first-order chi connectivity index (χ1) is 7.64. The molecule has 3 rings (SSSR count). The molecular formula is C12H18N2O2. The molecule has 88 valence electrons. The van der Waals surface area contributed by atoms with Crippen molar-refractivity contribution in [2.75, 3.05) is 6.61 Å². The number of nitrogens with zero attached hydrogens (tertiary/aromatic N) is 1. The van der Waals surface area contributed by atoms with E-state index in [1.54, 1.807) is 0 Å². The Kier molecular flexibility index (Phi) is 2.03. The van der Waals surface area contributed by atoms with Crippen LogP contribution in [0.15, 0.2) is 5.10 Å². The highest BCUT2D eigenvalue weighted by atomic mass is 16.5. The minimum absolute atomic E-state index is 0.230. The Labute approximate surface area is 95.4 Å². The van der Waals surface area contributed by atoms with E-state index in [4.69, 9.17) is 4.74 Å². The van der Waals surface area contributed by atoms with Crippen molar-refractivity contribution in [3.8, 4) is 0 Å². The summed E-state index contributed by atoms with van der Waals surface area (Å²) in [7, 11) is 0. The fourth-order valence-electron chi connectivity index (χ4n) is 3.31. The quantitative estimate of drug-likeness (QED) is 0.717. The van der Waals surface area contributed by atoms with Crippen LogP contribution >= 0.6 is 0 Å². The van der Waals surface area contributed by atoms with Gasteiger partial charge in [0.15, 0.2) is 5.71 Å². The second-order valence-corrected chi connectivity index (χ2v) is 5.55. The van der Waals surface area contributed by atoms with Gasteiger partial charge in [0.1, 0.15) is 0 Å². The van der Waals surface area contributed by atoms with Gasteiger partial charge < -0.3 is 10.2 Å². The molecule has 0 spiro atoms. The normalized spacial score (nSPS) is 43.9. The molecule has 0 bridgehead atoms. The Balaban J connectivity index is 1.73. The summed E-state index contributed by atoms with van der Waals surface area (Å²) in [5, 5.41) is 4.18. The van der Waals surface area contributed by atoms with Crippen LogP contribution in [-0.2, 0) is 9.53 Å². The van der Waals surface area contributed by atoms with Crippen molar-refractivity contribution in [3.05, 3.63) is 0 Å². The number of nitrogens with one attached hydrogen (secondary N) is 1. The van der Waals surface area contributed by atoms with Crippen LogP contribution in [-0.4, -0.2) is 24.3 Å². The van der Waals surface area contributed by atoms with Gasteiger partial charge in [0.05, 0.1) is 12.6 Å². The second kappa shape index (κ2) is 3.22. The molecule has 0 aromatic heterocycles. The molecule has 4 nitrogen and oxygen atoms in total. The van der Waals surface area contributed by atoms with Crippen LogP contribution in [0.3, 0.4) is 0 Å². The largest absolute Gasteiger partial charge is 0.461 e. The molecule has 2 unspecified atom stereocenters. The van der Waals surface area contributed by atoms with Gasteiger partial charge >= 0.3 is 5.97 Å². The smallest absolute Gasteiger partial charge is 0.354 e. The van der Waals surface area contributed by atoms with E-state index >= 15 is 0 Å². The first-order valence-corrected chi connectivity index (χ1v) is 6.14. The van der Waals surface area contributed by atoms with Crippen molar-refractivity contribution in [1.29, 1.82) is 0 Å². The van der Waals surface area contributed by atoms with E-state index in [2.05, 4.69) is 17.5 Å². The monoisotopic (exact) mass is 222 g/mol. The molecule has 1 heterocycles. The number of carbonyl (C=O) groups is 1. The number of rotatable bonds is 2. The molecule has 4 heteroatoms. The average Bonchev–Trinajstić information content (AvgIpc) is 2.72. The van der Waals surface area contributed by atoms with E-state index in [0.29, 0.717) is 29.7 Å². The molecule has 4 atom stereocenters. The molecule has 16 heavy (non-hydrogen) atoms. The third-order valence-electron chi connectivity index (χ3n) is 4.44. The molecular weight excluding hydrogens is 204 g/mol. The van der Waals surface area contributed by atoms with Crippen LogP contribution in [0, 0.1) is 17.3 Å². The van der Waals surface area contributed by atoms with Crippen molar-refractivity contribution in [3.63, 3.8) is 0 Å². The van der Waals surface area contributed by atoms with Crippen LogP contribution in [0.2, 0.25) is 0 Å². The summed E-state index contributed by atoms with van der Waals surface area (Å²) in [5.41, 5.74) is 4.26. The summed E-state index contributed by atoms with van der Waals surface area (Å²) < 4.78 is 5.04. The first kappa shape index (κ1) is 10.1. The second-order valence-electron chi connectivity index (χ2n) is 5.55. The molecule has 2 saturated carbocycles. The Morgan fingerprint density at radius 3 is 3.19 bits per heavy atom. The molecule has 0 aromatic carbocycles. The Morgan fingerprint density at radius 2 is 2.44 bits per heavy atom. The van der Waals surface area contributed by atoms with Gasteiger partial charge in [-0.3, -0.25) is 0 Å². The van der Waals surface area contributed by atoms with Gasteiger partial charge in [-0.05, 0) is 37.5 Å². The van der Waals surface area contributed by atoms with Crippen molar-refractivity contribution >= 4 is 11.7 Å². The number of hydrazone groups is 1. The van der Waals surface area contributed by atoms with Crippen molar-refractivity contribution in [1.82, 2.24) is 5.43 Å². The van der Waals surface area contributed by atoms with E-state index in [-0.39, 0.29) is 5.97 Å². The van der Waals surface area contributed by atoms with Gasteiger partial charge in [0.25, 0.3) is 0 Å². The minimum Gasteiger partial charge on any atom is -0.461 e. The van der Waals surface area contributed by atoms with E-state index in [1.807, 2.05) is 6.92 Å². The van der Waals surface area contributed by atoms with Gasteiger partial charge in [-0.2, -0.15) is 5.10 Å². The lowest BCUT2D eigenvalue weighted by Gasteiger charge is -2.28. The third kappa shape index (κ3) is 1.35. The van der Waals surface area contributed by atoms with Crippen LogP contribution < -0.4 is 5.43 Å². The zero-order chi connectivity index (χ0) is 11.3. The topological polar surface area (TPSA) is 50.7 Å². The van der Waals surface area contributed by atoms with E-state index in [9.17, 15) is 4.79 Å². The zero-order valence-corrected chi connectivity index (χ0v) is 9.82. The molecule has 0 aromatic rings. The number of fused-ring (bicyclic) bond motifs is 2. The fraction of sp³-hybridized carbons (Fsp3) is 0.833. The molecule has 2 aliphatic carbocycles. The van der Waals surface area contributed by atoms with E-state index in [1.165, 1.54) is 6.42 Å². The highest BCUT2D eigenvalue weighted by molar-refractivity contribution is 6.37. The Morgan fingerprint density at radius 1 is 1.62 bits per heavy atom. The minimum atomic E-state index is -0.230. The maximum Gasteiger partial charge on any atom is 0.354 e. The molecule has 3 aliphatic rings. The van der Waals surface area contributed by atoms with Gasteiger partial charge in [-0.1, -0.05) is 6.92 Å². The summed E-state index contributed by atoms with van der Waals surface area (Å²) in [6.45, 7) is 4.60. The standard InChI is InChI=1S/C12H18N2O2/c1-3-16-11(15)10-8-4-7-5-12(7,2)6-9(8)13-14-10/h7-9,13H,3-6H2,1-2H3/t7-,8?,9?,12-/m0/s1. The van der Waals surface area contributed by atoms with E-state index in [0.717, 1.165) is 18.8 Å². The number of esters is 1. The van der Waals surface area contributed by atoms with Crippen LogP contribution in [0.25, 0.3) is 0 Å². The highest BCUT2D eigenvalue weighted by Crippen LogP contribution is 2.62. The van der Waals surface area contributed by atoms with Gasteiger partial charge in [0, 0.05) is 5.92 Å². The molecule has 0 saturated heterocycles. The lowest BCUT2D eigenvalue weighted by atomic mass is 9.77. The van der Waals surface area contributed by atoms with Crippen LogP contribution in [0.1, 0.15) is 33.1 Å². The summed E-state index contributed by atoms with van der Waals surface area (Å²) in [5.74, 6) is 0.861. The van der Waals surface area contributed by atoms with Crippen molar-refractivity contribution in [2.24, 2.45) is 22.4 Å². The van der Waals surface area contributed by atoms with Crippen molar-refractivity contribution in [2.45, 2.75) is 39.2 Å². The highest BCUT2D eigenvalue weighted by Gasteiger charge is 2.58. The summed E-state index contributed by atoms with van der Waals surface area (Å²) >= 11 is 0. The number of hydrogen-bond donors (Lipinski definition) is 1. The van der Waals surface area contributed by atoms with E-state index < -0.39 is 0 Å². The fourth-order valence-corrected chi connectivity index (χ4v) is 3.31. The number of ether oxygens (including phenoxy) is 1. The molecule has 1 N–H and O–H groups in total. The van der Waals surface area contributed by atoms with Gasteiger partial charge in [0.2, 0.25) is 0 Å². The Bertz CT molecular complexity index is 366. The van der Waals surface area contributed by atoms with Crippen molar-refractivity contribution < 1.29 is 9.53 Å². The molecule has 2 fully saturated rings. The predicted molar refractivity (Wildman–Crippen MR) is 59.9 cm³/mol. The Hall–Kier alpha value is -1.06. The summed E-state index contributed by atoms with van der Waals surface area (Å²) in [4.78, 5) is 11.7. The average molecular weight is 222 g/mol. The molecule has 1 aliphatic heterocycles. The van der Waals surface area contributed by atoms with Crippen LogP contribution in [0.4, 0.5) is 0 Å². The number of hydrogen-bond acceptors (Lipinski definition) is 4. The lowest BCUT2D eigenvalue weighted by molar-refractivity contribution is -0.135. The third-order valence-corrected chi connectivity index (χ3v) is 4.44. The molecule has 0 amide bonds. The zero-order valence-electron chi connectivity index (χ0n) is 9.82.